The lowest BCUT2D eigenvalue weighted by atomic mass is 10.2. The van der Waals surface area contributed by atoms with Gasteiger partial charge in [-0.3, -0.25) is 9.48 Å². The Morgan fingerprint density at radius 2 is 1.91 bits per heavy atom. The smallest absolute Gasteiger partial charge is 0.292 e. The van der Waals surface area contributed by atoms with Crippen LogP contribution >= 0.6 is 11.6 Å². The molecule has 0 bridgehead atoms. The number of carbonyl (C=O) groups excluding carboxylic acids is 1. The lowest BCUT2D eigenvalue weighted by Gasteiger charge is -2.05. The SMILES string of the molecule is O=C(Nc1nn(Cc2ccccc2F)cc1Cl)c1ccc(COc2ccc(F)cc2F)o1. The lowest BCUT2D eigenvalue weighted by molar-refractivity contribution is 0.0992. The monoisotopic (exact) mass is 461 g/mol. The molecular formula is C22H15ClF3N3O3. The largest absolute Gasteiger partial charge is 0.483 e. The first-order valence-corrected chi connectivity index (χ1v) is 9.71. The molecule has 0 aliphatic heterocycles. The molecule has 1 N–H and O–H groups in total. The number of nitrogens with zero attached hydrogens (tertiary/aromatic N) is 2. The van der Waals surface area contributed by atoms with Crippen molar-refractivity contribution >= 4 is 23.3 Å². The highest BCUT2D eigenvalue weighted by Crippen LogP contribution is 2.23. The Bertz CT molecular complexity index is 1270. The molecule has 2 aromatic carbocycles. The van der Waals surface area contributed by atoms with Gasteiger partial charge in [-0.25, -0.2) is 13.2 Å². The second kappa shape index (κ2) is 9.19. The van der Waals surface area contributed by atoms with Crippen molar-refractivity contribution < 1.29 is 27.1 Å². The second-order valence-electron chi connectivity index (χ2n) is 6.70. The van der Waals surface area contributed by atoms with Gasteiger partial charge >= 0.3 is 0 Å². The average molecular weight is 462 g/mol. The molecule has 0 saturated carbocycles. The number of benzene rings is 2. The van der Waals surface area contributed by atoms with Gasteiger partial charge in [-0.1, -0.05) is 29.8 Å². The van der Waals surface area contributed by atoms with E-state index in [1.165, 1.54) is 29.1 Å². The molecule has 0 aliphatic rings. The van der Waals surface area contributed by atoms with Crippen molar-refractivity contribution in [3.05, 3.63) is 100 Å². The molecule has 2 heterocycles. The van der Waals surface area contributed by atoms with Crippen molar-refractivity contribution in [2.24, 2.45) is 0 Å². The summed E-state index contributed by atoms with van der Waals surface area (Å²) >= 11 is 6.13. The van der Waals surface area contributed by atoms with E-state index in [-0.39, 0.29) is 47.1 Å². The molecule has 0 atom stereocenters. The summed E-state index contributed by atoms with van der Waals surface area (Å²) in [5.41, 5.74) is 0.415. The van der Waals surface area contributed by atoms with E-state index in [0.29, 0.717) is 11.6 Å². The number of hydrogen-bond acceptors (Lipinski definition) is 4. The summed E-state index contributed by atoms with van der Waals surface area (Å²) in [7, 11) is 0. The quantitative estimate of drug-likeness (QED) is 0.398. The molecule has 1 amide bonds. The number of amides is 1. The van der Waals surface area contributed by atoms with Crippen molar-refractivity contribution in [3.8, 4) is 5.75 Å². The van der Waals surface area contributed by atoms with Gasteiger partial charge in [0, 0.05) is 17.8 Å². The Morgan fingerprint density at radius 3 is 2.69 bits per heavy atom. The third kappa shape index (κ3) is 4.94. The maximum absolute atomic E-state index is 13.8. The molecule has 4 aromatic rings. The molecule has 164 valence electrons. The van der Waals surface area contributed by atoms with Gasteiger partial charge in [-0.05, 0) is 30.3 Å². The number of halogens is 4. The van der Waals surface area contributed by atoms with Crippen molar-refractivity contribution in [3.63, 3.8) is 0 Å². The molecular weight excluding hydrogens is 447 g/mol. The van der Waals surface area contributed by atoms with E-state index < -0.39 is 17.5 Å². The molecule has 0 saturated heterocycles. The number of carbonyl (C=O) groups is 1. The van der Waals surface area contributed by atoms with E-state index in [1.54, 1.807) is 18.2 Å². The maximum Gasteiger partial charge on any atom is 0.292 e. The van der Waals surface area contributed by atoms with Crippen LogP contribution in [0, 0.1) is 17.5 Å². The van der Waals surface area contributed by atoms with Crippen LogP contribution < -0.4 is 10.1 Å². The summed E-state index contributed by atoms with van der Waals surface area (Å²) in [6.07, 6.45) is 1.46. The molecule has 6 nitrogen and oxygen atoms in total. The van der Waals surface area contributed by atoms with Crippen molar-refractivity contribution in [1.82, 2.24) is 9.78 Å². The fraction of sp³-hybridized carbons (Fsp3) is 0.0909. The molecule has 10 heteroatoms. The number of furan rings is 1. The zero-order valence-electron chi connectivity index (χ0n) is 16.3. The van der Waals surface area contributed by atoms with E-state index >= 15 is 0 Å². The molecule has 0 fully saturated rings. The van der Waals surface area contributed by atoms with E-state index in [4.69, 9.17) is 20.8 Å². The van der Waals surface area contributed by atoms with Gasteiger partial charge in [-0.15, -0.1) is 0 Å². The summed E-state index contributed by atoms with van der Waals surface area (Å²) < 4.78 is 52.4. The molecule has 0 radical (unpaired) electrons. The number of hydrogen-bond donors (Lipinski definition) is 1. The zero-order valence-corrected chi connectivity index (χ0v) is 17.1. The lowest BCUT2D eigenvalue weighted by Crippen LogP contribution is -2.12. The first-order chi connectivity index (χ1) is 15.4. The number of anilines is 1. The highest BCUT2D eigenvalue weighted by Gasteiger charge is 2.17. The summed E-state index contributed by atoms with van der Waals surface area (Å²) in [4.78, 5) is 12.5. The minimum atomic E-state index is -0.852. The Labute approximate surface area is 185 Å². The summed E-state index contributed by atoms with van der Waals surface area (Å²) in [5.74, 6) is -2.45. The Kier molecular flexibility index (Phi) is 6.18. The number of ether oxygens (including phenoxy) is 1. The van der Waals surface area contributed by atoms with Gasteiger partial charge in [-0.2, -0.15) is 5.10 Å². The van der Waals surface area contributed by atoms with Crippen LogP contribution in [0.15, 0.2) is 65.2 Å². The summed E-state index contributed by atoms with van der Waals surface area (Å²) in [6.45, 7) is -0.0433. The predicted molar refractivity (Wildman–Crippen MR) is 110 cm³/mol. The number of rotatable bonds is 7. The second-order valence-corrected chi connectivity index (χ2v) is 7.11. The first-order valence-electron chi connectivity index (χ1n) is 9.33. The van der Waals surface area contributed by atoms with Crippen molar-refractivity contribution in [2.75, 3.05) is 5.32 Å². The van der Waals surface area contributed by atoms with Gasteiger partial charge in [0.1, 0.15) is 29.0 Å². The van der Waals surface area contributed by atoms with E-state index in [1.807, 2.05) is 0 Å². The van der Waals surface area contributed by atoms with Crippen LogP contribution in [-0.4, -0.2) is 15.7 Å². The van der Waals surface area contributed by atoms with Gasteiger partial charge in [0.2, 0.25) is 0 Å². The molecule has 0 unspecified atom stereocenters. The standard InChI is InChI=1S/C22H15ClF3N3O3/c23-16-11-29(10-13-3-1-2-4-17(13)25)28-21(16)27-22(30)20-8-6-15(32-20)12-31-19-7-5-14(24)9-18(19)26/h1-9,11H,10,12H2,(H,27,28,30). The maximum atomic E-state index is 13.8. The molecule has 0 aliphatic carbocycles. The average Bonchev–Trinajstić information content (AvgIpc) is 3.36. The van der Waals surface area contributed by atoms with Crippen molar-refractivity contribution in [2.45, 2.75) is 13.2 Å². The fourth-order valence-corrected chi connectivity index (χ4v) is 3.05. The Hall–Kier alpha value is -3.72. The third-order valence-electron chi connectivity index (χ3n) is 4.39. The van der Waals surface area contributed by atoms with Gasteiger partial charge < -0.3 is 14.5 Å². The Balaban J connectivity index is 1.39. The van der Waals surface area contributed by atoms with E-state index in [9.17, 15) is 18.0 Å². The zero-order chi connectivity index (χ0) is 22.7. The van der Waals surface area contributed by atoms with Crippen LogP contribution in [0.25, 0.3) is 0 Å². The Morgan fingerprint density at radius 1 is 1.09 bits per heavy atom. The van der Waals surface area contributed by atoms with Gasteiger partial charge in [0.05, 0.1) is 6.54 Å². The van der Waals surface area contributed by atoms with Crippen LogP contribution in [0.2, 0.25) is 5.02 Å². The molecule has 0 spiro atoms. The van der Waals surface area contributed by atoms with E-state index in [2.05, 4.69) is 10.4 Å². The van der Waals surface area contributed by atoms with Crippen LogP contribution in [-0.2, 0) is 13.2 Å². The predicted octanol–water partition coefficient (Wildman–Crippen LogP) is 5.43. The highest BCUT2D eigenvalue weighted by atomic mass is 35.5. The van der Waals surface area contributed by atoms with Crippen molar-refractivity contribution in [1.29, 1.82) is 0 Å². The van der Waals surface area contributed by atoms with E-state index in [0.717, 1.165) is 12.1 Å². The third-order valence-corrected chi connectivity index (χ3v) is 4.67. The minimum absolute atomic E-state index is 0.0529. The van der Waals surface area contributed by atoms with Gasteiger partial charge in [0.15, 0.2) is 23.1 Å². The topological polar surface area (TPSA) is 69.3 Å². The summed E-state index contributed by atoms with van der Waals surface area (Å²) in [5, 5.41) is 6.84. The normalized spacial score (nSPS) is 10.9. The highest BCUT2D eigenvalue weighted by molar-refractivity contribution is 6.33. The molecule has 4 rings (SSSR count). The summed E-state index contributed by atoms with van der Waals surface area (Å²) in [6, 6.07) is 12.0. The van der Waals surface area contributed by atoms with Crippen LogP contribution in [0.3, 0.4) is 0 Å². The number of aromatic nitrogens is 2. The van der Waals surface area contributed by atoms with Gasteiger partial charge in [0.25, 0.3) is 5.91 Å². The van der Waals surface area contributed by atoms with Crippen LogP contribution in [0.5, 0.6) is 5.75 Å². The van der Waals surface area contributed by atoms with Crippen LogP contribution in [0.4, 0.5) is 19.0 Å². The molecule has 32 heavy (non-hydrogen) atoms. The first kappa shape index (κ1) is 21.5. The van der Waals surface area contributed by atoms with Crippen LogP contribution in [0.1, 0.15) is 21.9 Å². The fourth-order valence-electron chi connectivity index (χ4n) is 2.85. The molecule has 2 aromatic heterocycles. The minimum Gasteiger partial charge on any atom is -0.483 e. The number of nitrogens with one attached hydrogen (secondary N) is 1.